The fourth-order valence-corrected chi connectivity index (χ4v) is 4.01. The third-order valence-electron chi connectivity index (χ3n) is 5.99. The van der Waals surface area contributed by atoms with E-state index in [9.17, 15) is 9.18 Å². The number of carbonyl (C=O) groups excluding carboxylic acids is 1. The summed E-state index contributed by atoms with van der Waals surface area (Å²) < 4.78 is 19.7. The van der Waals surface area contributed by atoms with Gasteiger partial charge in [-0.25, -0.2) is 4.39 Å². The third kappa shape index (κ3) is 5.22. The van der Waals surface area contributed by atoms with Gasteiger partial charge in [-0.05, 0) is 55.0 Å². The average molecular weight is 425 g/mol. The smallest absolute Gasteiger partial charge is 0.253 e. The quantitative estimate of drug-likeness (QED) is 0.471. The van der Waals surface area contributed by atoms with Gasteiger partial charge in [0.2, 0.25) is 0 Å². The summed E-state index contributed by atoms with van der Waals surface area (Å²) in [6, 6.07) is 14.7. The van der Waals surface area contributed by atoms with Crippen LogP contribution < -0.4 is 16.0 Å². The minimum absolute atomic E-state index is 0.0945. The Kier molecular flexibility index (Phi) is 6.51. The molecule has 6 nitrogen and oxygen atoms in total. The lowest BCUT2D eigenvalue weighted by Gasteiger charge is -2.19. The van der Waals surface area contributed by atoms with Gasteiger partial charge >= 0.3 is 0 Å². The maximum atomic E-state index is 14.2. The first-order chi connectivity index (χ1) is 15.1. The molecule has 164 valence electrons. The van der Waals surface area contributed by atoms with E-state index in [0.29, 0.717) is 25.7 Å². The van der Waals surface area contributed by atoms with E-state index in [2.05, 4.69) is 20.9 Å². The Morgan fingerprint density at radius 1 is 1.19 bits per heavy atom. The van der Waals surface area contributed by atoms with Crippen LogP contribution >= 0.6 is 0 Å². The van der Waals surface area contributed by atoms with Gasteiger partial charge in [0.05, 0.1) is 0 Å². The number of hydrogen-bond acceptors (Lipinski definition) is 3. The van der Waals surface area contributed by atoms with Gasteiger partial charge in [-0.15, -0.1) is 0 Å². The van der Waals surface area contributed by atoms with E-state index in [4.69, 9.17) is 4.74 Å². The fraction of sp³-hybridized carbons (Fsp3) is 0.417. The topological polar surface area (TPSA) is 74.8 Å². The molecule has 2 aliphatic rings. The van der Waals surface area contributed by atoms with Crippen molar-refractivity contribution in [1.29, 1.82) is 0 Å². The van der Waals surface area contributed by atoms with Crippen molar-refractivity contribution in [2.75, 3.05) is 25.5 Å². The molecule has 1 amide bonds. The second kappa shape index (κ2) is 9.47. The lowest BCUT2D eigenvalue weighted by molar-refractivity contribution is -0.124. The van der Waals surface area contributed by atoms with Crippen LogP contribution in [0.25, 0.3) is 0 Å². The van der Waals surface area contributed by atoms with Crippen molar-refractivity contribution in [3.8, 4) is 0 Å². The molecule has 0 aromatic heterocycles. The molecule has 1 aliphatic carbocycles. The second-order valence-corrected chi connectivity index (χ2v) is 8.23. The standard InChI is InChI=1S/C24H29FN4O2/c1-26-23(28-16-24(11-12-24)19-8-2-3-9-20(19)25)27-15-17-6-4-7-18(14-17)29-22(30)21-10-5-13-31-21/h2-4,6-9,14,21H,5,10-13,15-16H2,1H3,(H,29,30)(H2,26,27,28). The number of guanidine groups is 1. The van der Waals surface area contributed by atoms with E-state index in [0.717, 1.165) is 42.5 Å². The number of rotatable bonds is 7. The summed E-state index contributed by atoms with van der Waals surface area (Å²) in [4.78, 5) is 16.5. The van der Waals surface area contributed by atoms with Crippen LogP contribution in [0.1, 0.15) is 36.8 Å². The van der Waals surface area contributed by atoms with Crippen LogP contribution in [0.15, 0.2) is 53.5 Å². The molecule has 1 atom stereocenters. The number of amides is 1. The molecule has 1 heterocycles. The number of carbonyl (C=O) groups is 1. The van der Waals surface area contributed by atoms with Crippen molar-refractivity contribution in [1.82, 2.24) is 10.6 Å². The molecule has 2 aromatic rings. The normalized spacial score (nSPS) is 19.7. The molecule has 1 saturated heterocycles. The van der Waals surface area contributed by atoms with E-state index in [1.165, 1.54) is 6.07 Å². The van der Waals surface area contributed by atoms with Gasteiger partial charge < -0.3 is 20.7 Å². The first-order valence-corrected chi connectivity index (χ1v) is 10.8. The van der Waals surface area contributed by atoms with Gasteiger partial charge in [-0.2, -0.15) is 0 Å². The summed E-state index contributed by atoms with van der Waals surface area (Å²) >= 11 is 0. The summed E-state index contributed by atoms with van der Waals surface area (Å²) in [5, 5.41) is 9.56. The predicted molar refractivity (Wildman–Crippen MR) is 120 cm³/mol. The largest absolute Gasteiger partial charge is 0.368 e. The van der Waals surface area contributed by atoms with Crippen molar-refractivity contribution in [3.63, 3.8) is 0 Å². The number of nitrogens with zero attached hydrogens (tertiary/aromatic N) is 1. The van der Waals surface area contributed by atoms with Gasteiger partial charge in [-0.1, -0.05) is 30.3 Å². The molecule has 1 aliphatic heterocycles. The number of ether oxygens (including phenoxy) is 1. The molecule has 1 saturated carbocycles. The molecule has 2 aromatic carbocycles. The van der Waals surface area contributed by atoms with Crippen LogP contribution in [0.2, 0.25) is 0 Å². The zero-order valence-corrected chi connectivity index (χ0v) is 17.8. The fourth-order valence-electron chi connectivity index (χ4n) is 4.01. The minimum atomic E-state index is -0.353. The molecule has 2 fully saturated rings. The number of benzene rings is 2. The first-order valence-electron chi connectivity index (χ1n) is 10.8. The molecular formula is C24H29FN4O2. The molecule has 31 heavy (non-hydrogen) atoms. The summed E-state index contributed by atoms with van der Waals surface area (Å²) in [5.74, 6) is 0.422. The maximum absolute atomic E-state index is 14.2. The Labute approximate surface area is 182 Å². The summed E-state index contributed by atoms with van der Waals surface area (Å²) in [6.45, 7) is 1.83. The molecule has 0 radical (unpaired) electrons. The Hall–Kier alpha value is -2.93. The highest BCUT2D eigenvalue weighted by molar-refractivity contribution is 5.94. The Morgan fingerprint density at radius 2 is 2.03 bits per heavy atom. The van der Waals surface area contributed by atoms with Crippen molar-refractivity contribution in [2.24, 2.45) is 4.99 Å². The molecule has 4 rings (SSSR count). The van der Waals surface area contributed by atoms with Crippen molar-refractivity contribution in [2.45, 2.75) is 43.7 Å². The van der Waals surface area contributed by atoms with Crippen LogP contribution in [0.5, 0.6) is 0 Å². The lowest BCUT2D eigenvalue weighted by Crippen LogP contribution is -2.41. The van der Waals surface area contributed by atoms with Crippen molar-refractivity contribution >= 4 is 17.6 Å². The number of halogens is 1. The Bertz CT molecular complexity index is 952. The van der Waals surface area contributed by atoms with Gasteiger partial charge in [0.15, 0.2) is 5.96 Å². The number of aliphatic imine (C=N–C) groups is 1. The molecule has 7 heteroatoms. The molecule has 0 bridgehead atoms. The van der Waals surface area contributed by atoms with E-state index in [1.54, 1.807) is 13.1 Å². The lowest BCUT2D eigenvalue weighted by atomic mass is 9.95. The SMILES string of the molecule is CN=C(NCc1cccc(NC(=O)C2CCCO2)c1)NCC1(c2ccccc2F)CC1. The Balaban J connectivity index is 1.30. The number of anilines is 1. The van der Waals surface area contributed by atoms with Crippen LogP contribution in [0.3, 0.4) is 0 Å². The zero-order valence-electron chi connectivity index (χ0n) is 17.8. The van der Waals surface area contributed by atoms with Gasteiger partial charge in [0, 0.05) is 37.8 Å². The number of nitrogens with one attached hydrogen (secondary N) is 3. The number of hydrogen-bond donors (Lipinski definition) is 3. The average Bonchev–Trinajstić information content (AvgIpc) is 3.35. The summed E-state index contributed by atoms with van der Waals surface area (Å²) in [6.07, 6.45) is 3.26. The molecule has 1 unspecified atom stereocenters. The molecule has 3 N–H and O–H groups in total. The maximum Gasteiger partial charge on any atom is 0.253 e. The van der Waals surface area contributed by atoms with Gasteiger partial charge in [0.1, 0.15) is 11.9 Å². The van der Waals surface area contributed by atoms with E-state index in [1.807, 2.05) is 36.4 Å². The van der Waals surface area contributed by atoms with E-state index < -0.39 is 0 Å². The third-order valence-corrected chi connectivity index (χ3v) is 5.99. The molecule has 0 spiro atoms. The minimum Gasteiger partial charge on any atom is -0.368 e. The highest BCUT2D eigenvalue weighted by Gasteiger charge is 2.45. The van der Waals surface area contributed by atoms with Crippen LogP contribution in [0.4, 0.5) is 10.1 Å². The summed E-state index contributed by atoms with van der Waals surface area (Å²) in [7, 11) is 1.72. The highest BCUT2D eigenvalue weighted by atomic mass is 19.1. The van der Waals surface area contributed by atoms with Crippen LogP contribution in [-0.4, -0.2) is 38.2 Å². The van der Waals surface area contributed by atoms with Gasteiger partial charge in [0.25, 0.3) is 5.91 Å². The monoisotopic (exact) mass is 424 g/mol. The van der Waals surface area contributed by atoms with Crippen LogP contribution in [-0.2, 0) is 21.5 Å². The zero-order chi connectivity index (χ0) is 21.7. The second-order valence-electron chi connectivity index (χ2n) is 8.23. The van der Waals surface area contributed by atoms with E-state index in [-0.39, 0.29) is 23.2 Å². The summed E-state index contributed by atoms with van der Waals surface area (Å²) in [5.41, 5.74) is 2.38. The van der Waals surface area contributed by atoms with Gasteiger partial charge in [-0.3, -0.25) is 9.79 Å². The van der Waals surface area contributed by atoms with Crippen molar-refractivity contribution < 1.29 is 13.9 Å². The van der Waals surface area contributed by atoms with E-state index >= 15 is 0 Å². The van der Waals surface area contributed by atoms with Crippen molar-refractivity contribution in [3.05, 3.63) is 65.5 Å². The Morgan fingerprint density at radius 3 is 2.74 bits per heavy atom. The highest BCUT2D eigenvalue weighted by Crippen LogP contribution is 2.48. The molecular weight excluding hydrogens is 395 g/mol. The van der Waals surface area contributed by atoms with Crippen LogP contribution in [0, 0.1) is 5.82 Å². The first kappa shape index (κ1) is 21.3. The predicted octanol–water partition coefficient (Wildman–Crippen LogP) is 3.34.